The number of ether oxygens (including phenoxy) is 4. The van der Waals surface area contributed by atoms with Crippen LogP contribution in [-0.2, 0) is 25.7 Å². The van der Waals surface area contributed by atoms with E-state index in [-0.39, 0.29) is 38.0 Å². The Bertz CT molecular complexity index is 1050. The number of hydrogen-bond donors (Lipinski definition) is 2. The van der Waals surface area contributed by atoms with Crippen LogP contribution in [0.25, 0.3) is 0 Å². The topological polar surface area (TPSA) is 124 Å². The fourth-order valence-corrected chi connectivity index (χ4v) is 3.28. The molecule has 0 radical (unpaired) electrons. The summed E-state index contributed by atoms with van der Waals surface area (Å²) in [5.41, 5.74) is 0.383. The van der Waals surface area contributed by atoms with Crippen LogP contribution >= 0.6 is 0 Å². The molecule has 3 rings (SSSR count). The van der Waals surface area contributed by atoms with Crippen LogP contribution < -0.4 is 15.4 Å². The van der Waals surface area contributed by atoms with Gasteiger partial charge in [-0.15, -0.1) is 0 Å². The summed E-state index contributed by atoms with van der Waals surface area (Å²) in [6.07, 6.45) is 0.188. The van der Waals surface area contributed by atoms with Gasteiger partial charge in [0.15, 0.2) is 5.75 Å². The molecule has 11 heteroatoms. The van der Waals surface area contributed by atoms with E-state index in [1.54, 1.807) is 33.0 Å². The smallest absolute Gasteiger partial charge is 0.409 e. The quantitative estimate of drug-likeness (QED) is 0.332. The van der Waals surface area contributed by atoms with Gasteiger partial charge in [-0.3, -0.25) is 10.1 Å². The van der Waals surface area contributed by atoms with Crippen LogP contribution in [0.2, 0.25) is 0 Å². The average Bonchev–Trinajstić information content (AvgIpc) is 2.82. The number of H-pyrrole nitrogens is 1. The van der Waals surface area contributed by atoms with Gasteiger partial charge in [0.05, 0.1) is 13.2 Å². The standard InChI is InChI=1S/C24H32N4O7/c1-24(2,3)35-23(30)26-19-15-32-13-12-28(19)22(29)20-21(33-14-17-8-6-5-7-9-17)18(10-11-25-20)27-34-16-31-4/h5-11,19H,12-16H2,1-4H3,(H,25,27)(H,26,30). The van der Waals surface area contributed by atoms with Crippen molar-refractivity contribution >= 4 is 12.0 Å². The third-order valence-corrected chi connectivity index (χ3v) is 4.77. The Labute approximate surface area is 203 Å². The van der Waals surface area contributed by atoms with Gasteiger partial charge >= 0.3 is 6.09 Å². The predicted molar refractivity (Wildman–Crippen MR) is 125 cm³/mol. The van der Waals surface area contributed by atoms with Gasteiger partial charge < -0.3 is 33.7 Å². The molecule has 1 unspecified atom stereocenters. The lowest BCUT2D eigenvalue weighted by molar-refractivity contribution is -0.0334. The first kappa shape index (κ1) is 26.0. The Morgan fingerprint density at radius 3 is 2.71 bits per heavy atom. The Morgan fingerprint density at radius 2 is 2.00 bits per heavy atom. The minimum atomic E-state index is -0.730. The van der Waals surface area contributed by atoms with E-state index in [0.29, 0.717) is 12.0 Å². The fraction of sp³-hybridized carbons (Fsp3) is 0.458. The van der Waals surface area contributed by atoms with E-state index in [2.05, 4.69) is 15.5 Å². The summed E-state index contributed by atoms with van der Waals surface area (Å²) in [6, 6.07) is 11.2. The van der Waals surface area contributed by atoms with Crippen LogP contribution in [0.15, 0.2) is 47.8 Å². The second kappa shape index (κ2) is 12.2. The van der Waals surface area contributed by atoms with E-state index in [1.165, 1.54) is 12.0 Å². The zero-order chi connectivity index (χ0) is 25.3. The maximum Gasteiger partial charge on any atom is 0.409 e. The SMILES string of the molecule is COCO/N=c1\cc[nH]c(C(=O)N2CCOCC2NC(=O)OC(C)(C)C)c1OCc1ccccc1. The number of methoxy groups -OCH3 is 1. The fourth-order valence-electron chi connectivity index (χ4n) is 3.28. The number of amides is 2. The minimum absolute atomic E-state index is 0.0641. The van der Waals surface area contributed by atoms with Gasteiger partial charge in [-0.25, -0.2) is 4.79 Å². The molecule has 1 atom stereocenters. The number of carbonyl (C=O) groups is 2. The third-order valence-electron chi connectivity index (χ3n) is 4.77. The molecule has 0 bridgehead atoms. The van der Waals surface area contributed by atoms with E-state index >= 15 is 0 Å². The number of aromatic nitrogens is 1. The van der Waals surface area contributed by atoms with Crippen LogP contribution in [0.4, 0.5) is 4.79 Å². The molecule has 1 aromatic carbocycles. The van der Waals surface area contributed by atoms with Crippen LogP contribution in [-0.4, -0.2) is 67.3 Å². The Kier molecular flexibility index (Phi) is 9.10. The summed E-state index contributed by atoms with van der Waals surface area (Å²) in [7, 11) is 1.48. The third kappa shape index (κ3) is 7.72. The number of morpholine rings is 1. The van der Waals surface area contributed by atoms with Gasteiger partial charge in [-0.05, 0) is 32.4 Å². The van der Waals surface area contributed by atoms with Crippen LogP contribution in [0.3, 0.4) is 0 Å². The van der Waals surface area contributed by atoms with Crippen molar-refractivity contribution in [3.8, 4) is 5.75 Å². The first-order valence-corrected chi connectivity index (χ1v) is 11.2. The summed E-state index contributed by atoms with van der Waals surface area (Å²) in [4.78, 5) is 35.6. The highest BCUT2D eigenvalue weighted by Gasteiger charge is 2.33. The number of nitrogens with one attached hydrogen (secondary N) is 2. The largest absolute Gasteiger partial charge is 0.484 e. The van der Waals surface area contributed by atoms with Crippen LogP contribution in [0.5, 0.6) is 5.75 Å². The zero-order valence-electron chi connectivity index (χ0n) is 20.4. The van der Waals surface area contributed by atoms with E-state index in [9.17, 15) is 9.59 Å². The van der Waals surface area contributed by atoms with Crippen molar-refractivity contribution in [2.45, 2.75) is 39.1 Å². The number of benzene rings is 1. The molecule has 0 aliphatic carbocycles. The van der Waals surface area contributed by atoms with E-state index < -0.39 is 23.8 Å². The number of alkyl carbamates (subject to hydrolysis) is 1. The normalized spacial score (nSPS) is 16.5. The summed E-state index contributed by atoms with van der Waals surface area (Å²) in [5.74, 6) is -0.193. The molecular formula is C24H32N4O7. The number of nitrogens with zero attached hydrogens (tertiary/aromatic N) is 2. The lowest BCUT2D eigenvalue weighted by Gasteiger charge is -2.36. The van der Waals surface area contributed by atoms with Crippen molar-refractivity contribution in [2.24, 2.45) is 5.16 Å². The van der Waals surface area contributed by atoms with Gasteiger partial charge in [-0.1, -0.05) is 35.5 Å². The molecule has 1 saturated heterocycles. The summed E-state index contributed by atoms with van der Waals surface area (Å²) in [6.45, 7) is 6.12. The lowest BCUT2D eigenvalue weighted by Crippen LogP contribution is -2.58. The molecule has 1 aliphatic heterocycles. The van der Waals surface area contributed by atoms with Crippen molar-refractivity contribution < 1.29 is 33.4 Å². The molecule has 1 aliphatic rings. The molecule has 2 heterocycles. The van der Waals surface area contributed by atoms with Gasteiger partial charge in [0.2, 0.25) is 6.79 Å². The van der Waals surface area contributed by atoms with Crippen molar-refractivity contribution in [3.05, 3.63) is 59.2 Å². The average molecular weight is 489 g/mol. The first-order chi connectivity index (χ1) is 16.8. The molecule has 190 valence electrons. The van der Waals surface area contributed by atoms with Crippen molar-refractivity contribution in [1.82, 2.24) is 15.2 Å². The van der Waals surface area contributed by atoms with Gasteiger partial charge in [-0.2, -0.15) is 0 Å². The maximum atomic E-state index is 13.7. The minimum Gasteiger partial charge on any atom is -0.484 e. The van der Waals surface area contributed by atoms with Gasteiger partial charge in [0, 0.05) is 19.9 Å². The molecule has 11 nitrogen and oxygen atoms in total. The highest BCUT2D eigenvalue weighted by Crippen LogP contribution is 2.18. The molecule has 2 N–H and O–H groups in total. The van der Waals surface area contributed by atoms with Crippen molar-refractivity contribution in [2.75, 3.05) is 33.7 Å². The van der Waals surface area contributed by atoms with E-state index in [1.807, 2.05) is 30.3 Å². The highest BCUT2D eigenvalue weighted by molar-refractivity contribution is 5.95. The summed E-state index contributed by atoms with van der Waals surface area (Å²) < 4.78 is 21.8. The monoisotopic (exact) mass is 488 g/mol. The van der Waals surface area contributed by atoms with E-state index in [0.717, 1.165) is 5.56 Å². The Hall–Kier alpha value is -3.57. The molecule has 2 amide bonds. The number of carbonyl (C=O) groups excluding carboxylic acids is 2. The van der Waals surface area contributed by atoms with Crippen molar-refractivity contribution in [3.63, 3.8) is 0 Å². The summed E-state index contributed by atoms with van der Waals surface area (Å²) >= 11 is 0. The predicted octanol–water partition coefficient (Wildman–Crippen LogP) is 2.35. The van der Waals surface area contributed by atoms with Crippen molar-refractivity contribution in [1.29, 1.82) is 0 Å². The second-order valence-corrected chi connectivity index (χ2v) is 8.70. The Balaban J connectivity index is 1.88. The molecule has 0 spiro atoms. The number of rotatable bonds is 8. The summed E-state index contributed by atoms with van der Waals surface area (Å²) in [5, 5.41) is 7.07. The molecule has 0 saturated carbocycles. The molecule has 1 fully saturated rings. The number of aromatic amines is 1. The molecule has 1 aromatic heterocycles. The Morgan fingerprint density at radius 1 is 1.23 bits per heavy atom. The number of pyridine rings is 1. The van der Waals surface area contributed by atoms with Gasteiger partial charge in [0.25, 0.3) is 5.91 Å². The van der Waals surface area contributed by atoms with Gasteiger partial charge in [0.1, 0.15) is 29.4 Å². The van der Waals surface area contributed by atoms with E-state index in [4.69, 9.17) is 23.8 Å². The molecule has 35 heavy (non-hydrogen) atoms. The second-order valence-electron chi connectivity index (χ2n) is 8.70. The first-order valence-electron chi connectivity index (χ1n) is 11.2. The zero-order valence-corrected chi connectivity index (χ0v) is 20.4. The molecular weight excluding hydrogens is 456 g/mol. The van der Waals surface area contributed by atoms with Crippen LogP contribution in [0.1, 0.15) is 36.8 Å². The lowest BCUT2D eigenvalue weighted by atomic mass is 10.2. The highest BCUT2D eigenvalue weighted by atomic mass is 16.7. The maximum absolute atomic E-state index is 13.7. The number of hydrogen-bond acceptors (Lipinski definition) is 8. The molecule has 2 aromatic rings. The van der Waals surface area contributed by atoms with Crippen LogP contribution in [0, 0.1) is 0 Å².